The third-order valence-electron chi connectivity index (χ3n) is 3.04. The molecule has 0 saturated heterocycles. The first-order chi connectivity index (χ1) is 9.21. The van der Waals surface area contributed by atoms with E-state index in [0.717, 1.165) is 0 Å². The number of benzene rings is 1. The van der Waals surface area contributed by atoms with Gasteiger partial charge >= 0.3 is 0 Å². The van der Waals surface area contributed by atoms with E-state index in [-0.39, 0.29) is 12.2 Å². The average Bonchev–Trinajstić information content (AvgIpc) is 2.70. The summed E-state index contributed by atoms with van der Waals surface area (Å²) in [5.41, 5.74) is 5.98. The van der Waals surface area contributed by atoms with Crippen LogP contribution in [0.3, 0.4) is 0 Å². The van der Waals surface area contributed by atoms with Gasteiger partial charge in [-0.3, -0.25) is 14.9 Å². The monoisotopic (exact) mass is 300 g/mol. The summed E-state index contributed by atoms with van der Waals surface area (Å²) in [6.07, 6.45) is 0.371. The van der Waals surface area contributed by atoms with Crippen molar-refractivity contribution in [1.29, 1.82) is 0 Å². The van der Waals surface area contributed by atoms with E-state index in [9.17, 15) is 23.3 Å². The molecule has 1 unspecified atom stereocenters. The quantitative estimate of drug-likeness (QED) is 0.541. The van der Waals surface area contributed by atoms with Crippen LogP contribution in [0.5, 0.6) is 0 Å². The molecule has 1 atom stereocenters. The Morgan fingerprint density at radius 2 is 2.10 bits per heavy atom. The Morgan fingerprint density at radius 1 is 1.45 bits per heavy atom. The number of anilines is 1. The molecule has 1 aliphatic heterocycles. The Hall–Kier alpha value is -2.20. The number of sulfonamides is 1. The molecule has 108 valence electrons. The van der Waals surface area contributed by atoms with Crippen molar-refractivity contribution < 1.29 is 18.1 Å². The van der Waals surface area contributed by atoms with Crippen LogP contribution in [0.15, 0.2) is 18.2 Å². The van der Waals surface area contributed by atoms with Gasteiger partial charge in [0.15, 0.2) is 0 Å². The molecular formula is C10H12N4O5S. The SMILES string of the molecule is NC(=O)C(N1CCc2cc([N+](=O)[O-])ccc21)S(N)(=O)=O. The van der Waals surface area contributed by atoms with Crippen molar-refractivity contribution in [3.8, 4) is 0 Å². The lowest BCUT2D eigenvalue weighted by Crippen LogP contribution is -2.51. The first kappa shape index (κ1) is 14.2. The van der Waals surface area contributed by atoms with Crippen molar-refractivity contribution in [3.05, 3.63) is 33.9 Å². The molecule has 20 heavy (non-hydrogen) atoms. The number of hydrogen-bond donors (Lipinski definition) is 2. The van der Waals surface area contributed by atoms with Crippen molar-refractivity contribution in [2.75, 3.05) is 11.4 Å². The first-order valence-corrected chi connectivity index (χ1v) is 7.17. The highest BCUT2D eigenvalue weighted by molar-refractivity contribution is 7.90. The van der Waals surface area contributed by atoms with Crippen LogP contribution in [0.4, 0.5) is 11.4 Å². The average molecular weight is 300 g/mol. The molecule has 2 rings (SSSR count). The van der Waals surface area contributed by atoms with Crippen LogP contribution < -0.4 is 15.8 Å². The van der Waals surface area contributed by atoms with Crippen LogP contribution >= 0.6 is 0 Å². The van der Waals surface area contributed by atoms with Gasteiger partial charge < -0.3 is 10.6 Å². The lowest BCUT2D eigenvalue weighted by atomic mass is 10.1. The zero-order chi connectivity index (χ0) is 15.1. The highest BCUT2D eigenvalue weighted by Crippen LogP contribution is 2.33. The van der Waals surface area contributed by atoms with Gasteiger partial charge in [0, 0.05) is 24.4 Å². The second kappa shape index (κ2) is 4.72. The van der Waals surface area contributed by atoms with Crippen LogP contribution in [0.2, 0.25) is 0 Å². The fourth-order valence-electron chi connectivity index (χ4n) is 2.26. The summed E-state index contributed by atoms with van der Waals surface area (Å²) in [5.74, 6) is -1.08. The maximum absolute atomic E-state index is 11.5. The zero-order valence-corrected chi connectivity index (χ0v) is 11.0. The number of nitrogens with zero attached hydrogens (tertiary/aromatic N) is 2. The minimum atomic E-state index is -4.20. The van der Waals surface area contributed by atoms with Gasteiger partial charge in [-0.2, -0.15) is 0 Å². The molecule has 1 heterocycles. The molecule has 0 radical (unpaired) electrons. The van der Waals surface area contributed by atoms with E-state index >= 15 is 0 Å². The predicted molar refractivity (Wildman–Crippen MR) is 70.2 cm³/mol. The molecular weight excluding hydrogens is 288 g/mol. The second-order valence-corrected chi connectivity index (χ2v) is 5.98. The normalized spacial score (nSPS) is 15.8. The number of nitro benzene ring substituents is 1. The fourth-order valence-corrected chi connectivity index (χ4v) is 3.16. The molecule has 0 spiro atoms. The molecule has 0 bridgehead atoms. The van der Waals surface area contributed by atoms with Gasteiger partial charge in [-0.05, 0) is 18.1 Å². The number of hydrogen-bond acceptors (Lipinski definition) is 6. The molecule has 4 N–H and O–H groups in total. The van der Waals surface area contributed by atoms with Crippen LogP contribution in [0.25, 0.3) is 0 Å². The highest BCUT2D eigenvalue weighted by Gasteiger charge is 2.38. The van der Waals surface area contributed by atoms with Crippen LogP contribution in [-0.2, 0) is 21.2 Å². The molecule has 9 nitrogen and oxygen atoms in total. The van der Waals surface area contributed by atoms with E-state index in [4.69, 9.17) is 10.9 Å². The largest absolute Gasteiger partial charge is 0.367 e. The zero-order valence-electron chi connectivity index (χ0n) is 10.2. The van der Waals surface area contributed by atoms with E-state index in [2.05, 4.69) is 0 Å². The van der Waals surface area contributed by atoms with Gasteiger partial charge in [0.05, 0.1) is 4.92 Å². The molecule has 0 aromatic heterocycles. The van der Waals surface area contributed by atoms with Crippen molar-refractivity contribution in [3.63, 3.8) is 0 Å². The number of amides is 1. The lowest BCUT2D eigenvalue weighted by Gasteiger charge is -2.25. The summed E-state index contributed by atoms with van der Waals surface area (Å²) in [6.45, 7) is 0.195. The third-order valence-corrected chi connectivity index (χ3v) is 4.15. The maximum atomic E-state index is 11.5. The molecule has 10 heteroatoms. The smallest absolute Gasteiger partial charge is 0.269 e. The van der Waals surface area contributed by atoms with Crippen molar-refractivity contribution >= 4 is 27.3 Å². The summed E-state index contributed by atoms with van der Waals surface area (Å²) in [5, 5.41) is 14.0. The van der Waals surface area contributed by atoms with E-state index in [1.807, 2.05) is 0 Å². The third kappa shape index (κ3) is 2.42. The molecule has 0 fully saturated rings. The maximum Gasteiger partial charge on any atom is 0.269 e. The Kier molecular flexibility index (Phi) is 3.36. The summed E-state index contributed by atoms with van der Waals surface area (Å²) in [4.78, 5) is 22.7. The Morgan fingerprint density at radius 3 is 2.60 bits per heavy atom. The van der Waals surface area contributed by atoms with Gasteiger partial charge in [0.2, 0.25) is 15.4 Å². The molecule has 1 amide bonds. The number of primary sulfonamides is 1. The van der Waals surface area contributed by atoms with Gasteiger partial charge in [-0.1, -0.05) is 0 Å². The number of nitro groups is 1. The van der Waals surface area contributed by atoms with Gasteiger partial charge in [-0.25, -0.2) is 13.6 Å². The summed E-state index contributed by atoms with van der Waals surface area (Å²) < 4.78 is 22.9. The predicted octanol–water partition coefficient (Wildman–Crippen LogP) is -0.943. The van der Waals surface area contributed by atoms with E-state index < -0.39 is 26.2 Å². The molecule has 1 aromatic rings. The Balaban J connectivity index is 2.46. The summed E-state index contributed by atoms with van der Waals surface area (Å²) in [6, 6.07) is 3.97. The standard InChI is InChI=1S/C10H12N4O5S/c11-9(15)10(20(12,18)19)13-4-3-6-5-7(14(16)17)1-2-8(6)13/h1-2,5,10H,3-4H2,(H2,11,15)(H2,12,18,19). The van der Waals surface area contributed by atoms with Crippen LogP contribution in [0, 0.1) is 10.1 Å². The minimum Gasteiger partial charge on any atom is -0.367 e. The van der Waals surface area contributed by atoms with E-state index in [1.54, 1.807) is 0 Å². The van der Waals surface area contributed by atoms with Crippen LogP contribution in [0.1, 0.15) is 5.56 Å². The Bertz CT molecular complexity index is 687. The van der Waals surface area contributed by atoms with E-state index in [1.165, 1.54) is 23.1 Å². The number of nitrogens with two attached hydrogens (primary N) is 2. The summed E-state index contributed by atoms with van der Waals surface area (Å²) in [7, 11) is -4.20. The first-order valence-electron chi connectivity index (χ1n) is 5.56. The van der Waals surface area contributed by atoms with E-state index in [0.29, 0.717) is 17.7 Å². The number of carbonyl (C=O) groups excluding carboxylic acids is 1. The topological polar surface area (TPSA) is 150 Å². The van der Waals surface area contributed by atoms with Crippen molar-refractivity contribution in [2.24, 2.45) is 10.9 Å². The number of fused-ring (bicyclic) bond motifs is 1. The lowest BCUT2D eigenvalue weighted by molar-refractivity contribution is -0.384. The van der Waals surface area contributed by atoms with Crippen molar-refractivity contribution in [2.45, 2.75) is 11.8 Å². The van der Waals surface area contributed by atoms with Crippen LogP contribution in [-0.4, -0.2) is 31.2 Å². The number of carbonyl (C=O) groups is 1. The van der Waals surface area contributed by atoms with Gasteiger partial charge in [0.25, 0.3) is 11.6 Å². The van der Waals surface area contributed by atoms with Gasteiger partial charge in [0.1, 0.15) is 0 Å². The number of non-ortho nitro benzene ring substituents is 1. The minimum absolute atomic E-state index is 0.100. The number of primary amides is 1. The highest BCUT2D eigenvalue weighted by atomic mass is 32.2. The van der Waals surface area contributed by atoms with Gasteiger partial charge in [-0.15, -0.1) is 0 Å². The molecule has 0 saturated carbocycles. The fraction of sp³-hybridized carbons (Fsp3) is 0.300. The molecule has 1 aliphatic rings. The van der Waals surface area contributed by atoms with Crippen molar-refractivity contribution in [1.82, 2.24) is 0 Å². The molecule has 0 aliphatic carbocycles. The summed E-state index contributed by atoms with van der Waals surface area (Å²) >= 11 is 0. The molecule has 1 aromatic carbocycles. The Labute approximate surface area is 114 Å². The number of rotatable bonds is 4. The second-order valence-electron chi connectivity index (χ2n) is 4.36.